The van der Waals surface area contributed by atoms with Crippen LogP contribution in [0.25, 0.3) is 11.6 Å². The van der Waals surface area contributed by atoms with Crippen molar-refractivity contribution in [2.24, 2.45) is 0 Å². The smallest absolute Gasteiger partial charge is 0.256 e. The summed E-state index contributed by atoms with van der Waals surface area (Å²) >= 11 is 5.90. The Labute approximate surface area is 109 Å². The van der Waals surface area contributed by atoms with E-state index in [0.29, 0.717) is 10.6 Å². The monoisotopic (exact) mass is 256 g/mol. The number of halogens is 1. The van der Waals surface area contributed by atoms with Crippen LogP contribution in [-0.4, -0.2) is 10.9 Å². The lowest BCUT2D eigenvalue weighted by Crippen LogP contribution is -2.03. The van der Waals surface area contributed by atoms with Crippen LogP contribution in [0, 0.1) is 0 Å². The van der Waals surface area contributed by atoms with Crippen LogP contribution >= 0.6 is 11.6 Å². The van der Waals surface area contributed by atoms with E-state index in [1.54, 1.807) is 24.4 Å². The quantitative estimate of drug-likeness (QED) is 0.796. The average Bonchev–Trinajstić information content (AvgIpc) is 2.66. The molecule has 0 radical (unpaired) electrons. The van der Waals surface area contributed by atoms with E-state index in [9.17, 15) is 4.79 Å². The molecule has 2 aromatic rings. The predicted molar refractivity (Wildman–Crippen MR) is 72.2 cm³/mol. The molecule has 1 amide bonds. The maximum absolute atomic E-state index is 11.9. The zero-order valence-electron chi connectivity index (χ0n) is 9.35. The van der Waals surface area contributed by atoms with Crippen LogP contribution in [0.5, 0.6) is 0 Å². The predicted octanol–water partition coefficient (Wildman–Crippen LogP) is 3.23. The lowest BCUT2D eigenvalue weighted by Gasteiger charge is -1.98. The molecule has 0 spiro atoms. The summed E-state index contributed by atoms with van der Waals surface area (Å²) in [6.07, 6.45) is 3.47. The second kappa shape index (κ2) is 4.27. The Morgan fingerprint density at radius 1 is 1.22 bits per heavy atom. The number of carbonyl (C=O) groups is 1. The van der Waals surface area contributed by atoms with Crippen molar-refractivity contribution in [2.45, 2.75) is 0 Å². The first-order valence-electron chi connectivity index (χ1n) is 5.48. The summed E-state index contributed by atoms with van der Waals surface area (Å²) in [5, 5.41) is 3.39. The van der Waals surface area contributed by atoms with Gasteiger partial charge in [-0.1, -0.05) is 23.7 Å². The van der Waals surface area contributed by atoms with E-state index in [1.807, 2.05) is 24.3 Å². The van der Waals surface area contributed by atoms with Gasteiger partial charge in [0.2, 0.25) is 0 Å². The minimum atomic E-state index is -0.127. The highest BCUT2D eigenvalue weighted by atomic mass is 35.5. The molecular weight excluding hydrogens is 248 g/mol. The molecule has 3 nitrogen and oxygen atoms in total. The molecule has 0 unspecified atom stereocenters. The molecule has 18 heavy (non-hydrogen) atoms. The van der Waals surface area contributed by atoms with Gasteiger partial charge in [-0.3, -0.25) is 9.78 Å². The van der Waals surface area contributed by atoms with E-state index in [2.05, 4.69) is 10.3 Å². The zero-order valence-corrected chi connectivity index (χ0v) is 10.1. The van der Waals surface area contributed by atoms with Crippen molar-refractivity contribution in [3.8, 4) is 0 Å². The van der Waals surface area contributed by atoms with Crippen molar-refractivity contribution in [1.29, 1.82) is 0 Å². The second-order valence-electron chi connectivity index (χ2n) is 3.96. The van der Waals surface area contributed by atoms with Crippen LogP contribution in [0.3, 0.4) is 0 Å². The molecule has 0 bridgehead atoms. The van der Waals surface area contributed by atoms with Gasteiger partial charge in [-0.25, -0.2) is 0 Å². The molecule has 1 aliphatic rings. The molecule has 1 N–H and O–H groups in total. The van der Waals surface area contributed by atoms with Crippen LogP contribution in [-0.2, 0) is 4.79 Å². The molecule has 88 valence electrons. The third kappa shape index (κ3) is 1.89. The fourth-order valence-electron chi connectivity index (χ4n) is 1.92. The molecule has 0 aliphatic carbocycles. The maximum atomic E-state index is 11.9. The molecule has 3 rings (SSSR count). The molecule has 1 aromatic carbocycles. The summed E-state index contributed by atoms with van der Waals surface area (Å²) < 4.78 is 0. The first-order valence-corrected chi connectivity index (χ1v) is 5.86. The van der Waals surface area contributed by atoms with E-state index in [-0.39, 0.29) is 5.91 Å². The Balaban J connectivity index is 2.10. The van der Waals surface area contributed by atoms with Gasteiger partial charge in [0.05, 0.1) is 17.0 Å². The van der Waals surface area contributed by atoms with Crippen molar-refractivity contribution in [3.63, 3.8) is 0 Å². The van der Waals surface area contributed by atoms with Crippen molar-refractivity contribution in [3.05, 3.63) is 58.9 Å². The third-order valence-electron chi connectivity index (χ3n) is 2.74. The molecule has 0 saturated heterocycles. The average molecular weight is 257 g/mol. The van der Waals surface area contributed by atoms with Crippen LogP contribution < -0.4 is 5.32 Å². The third-order valence-corrected chi connectivity index (χ3v) is 2.98. The van der Waals surface area contributed by atoms with Gasteiger partial charge in [0, 0.05) is 16.8 Å². The molecule has 0 saturated carbocycles. The van der Waals surface area contributed by atoms with Crippen molar-refractivity contribution >= 4 is 34.8 Å². The summed E-state index contributed by atoms with van der Waals surface area (Å²) in [5.41, 5.74) is 2.97. The molecule has 0 atom stereocenters. The van der Waals surface area contributed by atoms with Gasteiger partial charge < -0.3 is 5.32 Å². The number of hydrogen-bond donors (Lipinski definition) is 1. The largest absolute Gasteiger partial charge is 0.321 e. The lowest BCUT2D eigenvalue weighted by atomic mass is 10.1. The minimum absolute atomic E-state index is 0.127. The van der Waals surface area contributed by atoms with E-state index in [4.69, 9.17) is 11.6 Å². The Hall–Kier alpha value is -2.13. The first kappa shape index (κ1) is 11.0. The first-order chi connectivity index (χ1) is 8.74. The fraction of sp³-hybridized carbons (Fsp3) is 0. The summed E-state index contributed by atoms with van der Waals surface area (Å²) in [6, 6.07) is 10.9. The highest BCUT2D eigenvalue weighted by molar-refractivity contribution is 6.36. The number of aromatic nitrogens is 1. The highest BCUT2D eigenvalue weighted by Gasteiger charge is 2.24. The van der Waals surface area contributed by atoms with Gasteiger partial charge in [0.25, 0.3) is 5.91 Å². The summed E-state index contributed by atoms with van der Waals surface area (Å²) in [6.45, 7) is 0. The molecule has 1 aliphatic heterocycles. The van der Waals surface area contributed by atoms with Crippen molar-refractivity contribution in [1.82, 2.24) is 4.98 Å². The van der Waals surface area contributed by atoms with Gasteiger partial charge in [-0.2, -0.15) is 0 Å². The van der Waals surface area contributed by atoms with Gasteiger partial charge in [0.15, 0.2) is 0 Å². The van der Waals surface area contributed by atoms with Gasteiger partial charge in [0.1, 0.15) is 0 Å². The number of nitrogens with zero attached hydrogens (tertiary/aromatic N) is 1. The van der Waals surface area contributed by atoms with Gasteiger partial charge >= 0.3 is 0 Å². The number of anilines is 1. The second-order valence-corrected chi connectivity index (χ2v) is 4.39. The van der Waals surface area contributed by atoms with Gasteiger partial charge in [-0.05, 0) is 30.3 Å². The Morgan fingerprint density at radius 2 is 2.11 bits per heavy atom. The lowest BCUT2D eigenvalue weighted by molar-refractivity contribution is -0.110. The number of amides is 1. The van der Waals surface area contributed by atoms with E-state index < -0.39 is 0 Å². The molecule has 0 fully saturated rings. The molecule has 1 aromatic heterocycles. The van der Waals surface area contributed by atoms with Crippen LogP contribution in [0.1, 0.15) is 11.3 Å². The van der Waals surface area contributed by atoms with Crippen LogP contribution in [0.4, 0.5) is 5.69 Å². The van der Waals surface area contributed by atoms with Crippen molar-refractivity contribution < 1.29 is 4.79 Å². The van der Waals surface area contributed by atoms with E-state index >= 15 is 0 Å². The Morgan fingerprint density at radius 3 is 2.89 bits per heavy atom. The summed E-state index contributed by atoms with van der Waals surface area (Å²) in [5.74, 6) is -0.127. The standard InChI is InChI=1S/C14H9ClN2O/c15-9-4-5-11-12(14(18)17-13(11)7-9)8-10-3-1-2-6-16-10/h1-8H,(H,17,18). The normalized spacial score (nSPS) is 15.6. The Bertz CT molecular complexity index is 650. The molecule has 4 heteroatoms. The number of hydrogen-bond acceptors (Lipinski definition) is 2. The van der Waals surface area contributed by atoms with Crippen LogP contribution in [0.2, 0.25) is 5.02 Å². The zero-order chi connectivity index (χ0) is 12.5. The Kier molecular flexibility index (Phi) is 2.61. The van der Waals surface area contributed by atoms with E-state index in [0.717, 1.165) is 16.9 Å². The number of nitrogens with one attached hydrogen (secondary N) is 1. The maximum Gasteiger partial charge on any atom is 0.256 e. The number of pyridine rings is 1. The van der Waals surface area contributed by atoms with Crippen LogP contribution in [0.15, 0.2) is 42.6 Å². The number of rotatable bonds is 1. The number of carbonyl (C=O) groups excluding carboxylic acids is 1. The van der Waals surface area contributed by atoms with E-state index in [1.165, 1.54) is 0 Å². The fourth-order valence-corrected chi connectivity index (χ4v) is 2.09. The minimum Gasteiger partial charge on any atom is -0.321 e. The summed E-state index contributed by atoms with van der Waals surface area (Å²) in [7, 11) is 0. The SMILES string of the molecule is O=C1Nc2cc(Cl)ccc2C1=Cc1ccccn1. The number of fused-ring (bicyclic) bond motifs is 1. The highest BCUT2D eigenvalue weighted by Crippen LogP contribution is 2.34. The molecule has 2 heterocycles. The topological polar surface area (TPSA) is 42.0 Å². The number of benzene rings is 1. The molecular formula is C14H9ClN2O. The summed E-state index contributed by atoms with van der Waals surface area (Å²) in [4.78, 5) is 16.1. The van der Waals surface area contributed by atoms with Crippen molar-refractivity contribution in [2.75, 3.05) is 5.32 Å². The van der Waals surface area contributed by atoms with Gasteiger partial charge in [-0.15, -0.1) is 0 Å².